The van der Waals surface area contributed by atoms with E-state index in [1.54, 1.807) is 5.19 Å². The Morgan fingerprint density at radius 2 is 1.42 bits per heavy atom. The first kappa shape index (κ1) is 24.0. The van der Waals surface area contributed by atoms with Crippen LogP contribution in [0.15, 0.2) is 48.5 Å². The number of benzene rings is 2. The van der Waals surface area contributed by atoms with Crippen LogP contribution in [0.1, 0.15) is 22.3 Å². The summed E-state index contributed by atoms with van der Waals surface area (Å²) in [5, 5.41) is 1.56. The summed E-state index contributed by atoms with van der Waals surface area (Å²) in [6.45, 7) is 9.44. The van der Waals surface area contributed by atoms with Crippen LogP contribution in [0.4, 0.5) is 0 Å². The van der Waals surface area contributed by atoms with Crippen LogP contribution in [0.2, 0.25) is 13.1 Å². The van der Waals surface area contributed by atoms with Gasteiger partial charge >= 0.3 is 141 Å². The fourth-order valence-electron chi connectivity index (χ4n) is 3.41. The summed E-state index contributed by atoms with van der Waals surface area (Å²) in [7, 11) is -1.67. The van der Waals surface area contributed by atoms with E-state index in [2.05, 4.69) is 102 Å². The van der Waals surface area contributed by atoms with E-state index in [-0.39, 0.29) is 40.6 Å². The summed E-state index contributed by atoms with van der Waals surface area (Å²) in [4.78, 5) is 0. The minimum Gasteiger partial charge on any atom is -0.147 e. The Morgan fingerprint density at radius 1 is 0.875 bits per heavy atom. The number of rotatable bonds is 2. The zero-order valence-corrected chi connectivity index (χ0v) is 19.4. The van der Waals surface area contributed by atoms with E-state index >= 15 is 0 Å². The molecule has 0 amide bonds. The second-order valence-corrected chi connectivity index (χ2v) is 13.4. The number of aryl methyl sites for hydroxylation is 2. The molecule has 129 valence electrons. The Morgan fingerprint density at radius 3 is 2.00 bits per heavy atom. The van der Waals surface area contributed by atoms with Crippen LogP contribution in [-0.4, -0.2) is 8.07 Å². The van der Waals surface area contributed by atoms with E-state index in [1.807, 2.05) is 0 Å². The number of hydrogen-bond donors (Lipinski definition) is 0. The molecule has 0 heterocycles. The van der Waals surface area contributed by atoms with Gasteiger partial charge in [-0.05, 0) is 0 Å². The molecule has 0 nitrogen and oxygen atoms in total. The van der Waals surface area contributed by atoms with Gasteiger partial charge in [0.15, 0.2) is 0 Å². The van der Waals surface area contributed by atoms with Gasteiger partial charge in [0.25, 0.3) is 0 Å². The molecule has 3 rings (SSSR count). The number of hydrogen-bond acceptors (Lipinski definition) is 0. The minimum atomic E-state index is -1.67. The fraction of sp³-hybridized carbons (Fsp3) is 0.263. The van der Waals surface area contributed by atoms with Crippen LogP contribution in [0.25, 0.3) is 6.08 Å². The Labute approximate surface area is 177 Å². The number of allylic oxidation sites excluding steroid dienone is 1. The predicted molar refractivity (Wildman–Crippen MR) is 112 cm³/mol. The first-order valence-electron chi connectivity index (χ1n) is 7.47. The summed E-state index contributed by atoms with van der Waals surface area (Å²) in [6.07, 6.45) is 4.76. The third-order valence-corrected chi connectivity index (χ3v) is 12.6. The van der Waals surface area contributed by atoms with Crippen LogP contribution in [0, 0.1) is 13.8 Å². The van der Waals surface area contributed by atoms with Gasteiger partial charge in [-0.2, -0.15) is 0 Å². The Balaban J connectivity index is 0.00000176. The SMILES string of the molecule is Cc1cc(C)cc([Si](C)(C)[C]2([Ti])C=Cc3ccccc32)c1.Cl.Cl.Cl. The fourth-order valence-corrected chi connectivity index (χ4v) is 7.61. The molecular weight excluding hydrogens is 411 g/mol. The molecule has 0 aliphatic heterocycles. The standard InChI is InChI=1S/C19H21Si.3ClH.Ti/c1-14-11-15(2)13-17(12-14)20(3,4)19-10-9-16-7-5-6-8-18(16)19;;;;/h5-13H,1-4H3;3*1H;. The summed E-state index contributed by atoms with van der Waals surface area (Å²) in [6, 6.07) is 15.9. The average molecular weight is 435 g/mol. The van der Waals surface area contributed by atoms with E-state index in [0.29, 0.717) is 0 Å². The molecule has 0 N–H and O–H groups in total. The maximum Gasteiger partial charge on any atom is -0.147 e. The van der Waals surface area contributed by atoms with Gasteiger partial charge in [-0.15, -0.1) is 37.2 Å². The van der Waals surface area contributed by atoms with Crippen molar-refractivity contribution in [3.8, 4) is 0 Å². The average Bonchev–Trinajstić information content (AvgIpc) is 2.78. The monoisotopic (exact) mass is 433 g/mol. The van der Waals surface area contributed by atoms with Gasteiger partial charge in [-0.3, -0.25) is 0 Å². The van der Waals surface area contributed by atoms with Crippen molar-refractivity contribution < 1.29 is 20.4 Å². The van der Waals surface area contributed by atoms with Crippen molar-refractivity contribution >= 4 is 56.6 Å². The molecule has 0 radical (unpaired) electrons. The van der Waals surface area contributed by atoms with Crippen LogP contribution in [-0.2, 0) is 23.8 Å². The molecule has 2 aromatic rings. The van der Waals surface area contributed by atoms with Crippen molar-refractivity contribution in [3.63, 3.8) is 0 Å². The number of halogens is 3. The van der Waals surface area contributed by atoms with Gasteiger partial charge in [0.05, 0.1) is 0 Å². The van der Waals surface area contributed by atoms with Crippen LogP contribution in [0.5, 0.6) is 0 Å². The zero-order chi connectivity index (χ0) is 15.3. The van der Waals surface area contributed by atoms with E-state index in [0.717, 1.165) is 0 Å². The number of fused-ring (bicyclic) bond motifs is 1. The molecule has 1 aliphatic rings. The second-order valence-electron chi connectivity index (χ2n) is 6.73. The van der Waals surface area contributed by atoms with Gasteiger partial charge < -0.3 is 0 Å². The first-order chi connectivity index (χ1) is 9.84. The first-order valence-corrected chi connectivity index (χ1v) is 11.3. The molecule has 0 spiro atoms. The molecule has 1 atom stereocenters. The molecule has 0 fully saturated rings. The maximum atomic E-state index is 2.51. The summed E-state index contributed by atoms with van der Waals surface area (Å²) in [5.41, 5.74) is 5.65. The van der Waals surface area contributed by atoms with Crippen LogP contribution >= 0.6 is 37.2 Å². The van der Waals surface area contributed by atoms with Crippen LogP contribution < -0.4 is 5.19 Å². The van der Waals surface area contributed by atoms with Crippen molar-refractivity contribution in [2.24, 2.45) is 0 Å². The molecule has 1 unspecified atom stereocenters. The van der Waals surface area contributed by atoms with Gasteiger partial charge in [-0.1, -0.05) is 0 Å². The normalized spacial score (nSPS) is 18.0. The molecule has 0 aromatic heterocycles. The minimum absolute atomic E-state index is 0. The van der Waals surface area contributed by atoms with E-state index in [1.165, 1.54) is 22.3 Å². The van der Waals surface area contributed by atoms with Crippen LogP contribution in [0.3, 0.4) is 0 Å². The van der Waals surface area contributed by atoms with E-state index in [9.17, 15) is 0 Å². The van der Waals surface area contributed by atoms with Gasteiger partial charge in [0.2, 0.25) is 0 Å². The largest absolute Gasteiger partial charge is 0.147 e. The van der Waals surface area contributed by atoms with Gasteiger partial charge in [-0.25, -0.2) is 0 Å². The van der Waals surface area contributed by atoms with Crippen molar-refractivity contribution in [3.05, 3.63) is 70.8 Å². The quantitative estimate of drug-likeness (QED) is 0.548. The van der Waals surface area contributed by atoms with Crippen molar-refractivity contribution in [1.29, 1.82) is 0 Å². The Hall–Kier alpha value is -0.0188. The molecule has 2 aromatic carbocycles. The molecule has 5 heteroatoms. The van der Waals surface area contributed by atoms with Crippen molar-refractivity contribution in [2.45, 2.75) is 30.3 Å². The summed E-state index contributed by atoms with van der Waals surface area (Å²) in [5.74, 6) is 0. The van der Waals surface area contributed by atoms with Crippen molar-refractivity contribution in [1.82, 2.24) is 0 Å². The van der Waals surface area contributed by atoms with E-state index in [4.69, 9.17) is 0 Å². The summed E-state index contributed by atoms with van der Waals surface area (Å²) < 4.78 is 0.170. The molecule has 0 saturated heterocycles. The Kier molecular flexibility index (Phi) is 8.57. The molecule has 1 aliphatic carbocycles. The van der Waals surface area contributed by atoms with E-state index < -0.39 is 8.07 Å². The maximum absolute atomic E-state index is 2.51. The smallest absolute Gasteiger partial charge is 0.147 e. The Bertz CT molecular complexity index is 723. The molecule has 0 bridgehead atoms. The molecular formula is C19H24Cl3SiTi. The van der Waals surface area contributed by atoms with Gasteiger partial charge in [0, 0.05) is 0 Å². The third kappa shape index (κ3) is 3.87. The predicted octanol–water partition coefficient (Wildman–Crippen LogP) is 5.49. The van der Waals surface area contributed by atoms with Crippen molar-refractivity contribution in [2.75, 3.05) is 0 Å². The zero-order valence-electron chi connectivity index (χ0n) is 14.4. The van der Waals surface area contributed by atoms with Gasteiger partial charge in [0.1, 0.15) is 0 Å². The third-order valence-electron chi connectivity index (χ3n) is 4.83. The summed E-state index contributed by atoms with van der Waals surface area (Å²) >= 11 is 2.43. The molecule has 0 saturated carbocycles. The second kappa shape index (κ2) is 8.58. The topological polar surface area (TPSA) is 0 Å². The molecule has 24 heavy (non-hydrogen) atoms.